The average Bonchev–Trinajstić information content (AvgIpc) is 2.19. The van der Waals surface area contributed by atoms with Crippen molar-refractivity contribution in [2.24, 2.45) is 0 Å². The predicted octanol–water partition coefficient (Wildman–Crippen LogP) is 0.848. The molecule has 0 aliphatic carbocycles. The third kappa shape index (κ3) is 2.10. The first-order chi connectivity index (χ1) is 6.79. The van der Waals surface area contributed by atoms with Crippen molar-refractivity contribution >= 4 is 0 Å². The van der Waals surface area contributed by atoms with E-state index in [1.165, 1.54) is 25.9 Å². The van der Waals surface area contributed by atoms with Crippen LogP contribution in [0.2, 0.25) is 0 Å². The lowest BCUT2D eigenvalue weighted by atomic mass is 10.00. The third-order valence-corrected chi connectivity index (χ3v) is 3.47. The fourth-order valence-corrected chi connectivity index (χ4v) is 2.84. The van der Waals surface area contributed by atoms with Crippen molar-refractivity contribution in [2.75, 3.05) is 26.3 Å². The zero-order valence-electron chi connectivity index (χ0n) is 9.33. The zero-order chi connectivity index (χ0) is 9.97. The van der Waals surface area contributed by atoms with E-state index in [0.717, 1.165) is 19.3 Å². The molecule has 2 rings (SSSR count). The summed E-state index contributed by atoms with van der Waals surface area (Å²) in [6.07, 6.45) is 2.60. The number of nitrogens with one attached hydrogen (secondary N) is 1. The number of nitrogens with zero attached hydrogens (tertiary/aromatic N) is 1. The zero-order valence-corrected chi connectivity index (χ0v) is 9.33. The van der Waals surface area contributed by atoms with Gasteiger partial charge in [-0.3, -0.25) is 4.90 Å². The van der Waals surface area contributed by atoms with Crippen LogP contribution in [-0.4, -0.2) is 49.3 Å². The molecule has 82 valence electrons. The predicted molar refractivity (Wildman–Crippen MR) is 57.5 cm³/mol. The molecule has 1 N–H and O–H groups in total. The van der Waals surface area contributed by atoms with E-state index in [1.54, 1.807) is 0 Å². The van der Waals surface area contributed by atoms with Crippen molar-refractivity contribution in [1.29, 1.82) is 0 Å². The van der Waals surface area contributed by atoms with Crippen LogP contribution in [0.1, 0.15) is 26.7 Å². The second-order valence-electron chi connectivity index (χ2n) is 4.66. The highest BCUT2D eigenvalue weighted by Crippen LogP contribution is 2.21. The lowest BCUT2D eigenvalue weighted by Crippen LogP contribution is -2.56. The summed E-state index contributed by atoms with van der Waals surface area (Å²) in [5.74, 6) is 0. The van der Waals surface area contributed by atoms with Crippen molar-refractivity contribution in [3.05, 3.63) is 0 Å². The molecule has 2 aliphatic heterocycles. The van der Waals surface area contributed by atoms with Gasteiger partial charge in [0.15, 0.2) is 0 Å². The van der Waals surface area contributed by atoms with E-state index in [4.69, 9.17) is 4.74 Å². The van der Waals surface area contributed by atoms with Crippen molar-refractivity contribution in [2.45, 2.75) is 44.8 Å². The minimum Gasteiger partial charge on any atom is -0.378 e. The van der Waals surface area contributed by atoms with Crippen molar-refractivity contribution in [3.63, 3.8) is 0 Å². The smallest absolute Gasteiger partial charge is 0.0620 e. The van der Waals surface area contributed by atoms with Gasteiger partial charge in [0.1, 0.15) is 0 Å². The minimum atomic E-state index is 0.599. The Bertz CT molecular complexity index is 170. The molecule has 14 heavy (non-hydrogen) atoms. The van der Waals surface area contributed by atoms with Crippen molar-refractivity contribution in [1.82, 2.24) is 10.2 Å². The second kappa shape index (κ2) is 4.60. The van der Waals surface area contributed by atoms with E-state index in [0.29, 0.717) is 12.1 Å². The number of morpholine rings is 1. The standard InChI is InChI=1S/C11H22N2O/c1-9-7-14-8-10(2)13(9)11-3-5-12-6-4-11/h9-12H,3-8H2,1-2H3/t9-,10-/m0/s1. The summed E-state index contributed by atoms with van der Waals surface area (Å²) in [6.45, 7) is 8.76. The Kier molecular flexibility index (Phi) is 3.42. The Hall–Kier alpha value is -0.120. The first-order valence-electron chi connectivity index (χ1n) is 5.85. The SMILES string of the molecule is C[C@H]1COC[C@H](C)N1C1CCNCC1. The number of piperidine rings is 1. The van der Waals surface area contributed by atoms with Gasteiger partial charge in [0.25, 0.3) is 0 Å². The molecule has 3 nitrogen and oxygen atoms in total. The molecule has 0 aromatic heterocycles. The monoisotopic (exact) mass is 198 g/mol. The maximum Gasteiger partial charge on any atom is 0.0620 e. The summed E-state index contributed by atoms with van der Waals surface area (Å²) in [6, 6.07) is 1.98. The van der Waals surface area contributed by atoms with Crippen LogP contribution in [0, 0.1) is 0 Å². The summed E-state index contributed by atoms with van der Waals surface area (Å²) < 4.78 is 5.56. The largest absolute Gasteiger partial charge is 0.378 e. The molecule has 2 fully saturated rings. The summed E-state index contributed by atoms with van der Waals surface area (Å²) in [5.41, 5.74) is 0. The summed E-state index contributed by atoms with van der Waals surface area (Å²) >= 11 is 0. The van der Waals surface area contributed by atoms with Gasteiger partial charge in [0.05, 0.1) is 13.2 Å². The third-order valence-electron chi connectivity index (χ3n) is 3.47. The molecule has 2 heterocycles. The van der Waals surface area contributed by atoms with Gasteiger partial charge < -0.3 is 10.1 Å². The fraction of sp³-hybridized carbons (Fsp3) is 1.00. The fourth-order valence-electron chi connectivity index (χ4n) is 2.84. The number of rotatable bonds is 1. The highest BCUT2D eigenvalue weighted by Gasteiger charge is 2.31. The van der Waals surface area contributed by atoms with Crippen molar-refractivity contribution in [3.8, 4) is 0 Å². The quantitative estimate of drug-likeness (QED) is 0.676. The molecule has 0 spiro atoms. The Morgan fingerprint density at radius 3 is 2.21 bits per heavy atom. The topological polar surface area (TPSA) is 24.5 Å². The van der Waals surface area contributed by atoms with Crippen LogP contribution in [0.5, 0.6) is 0 Å². The van der Waals surface area contributed by atoms with Gasteiger partial charge in [-0.15, -0.1) is 0 Å². The van der Waals surface area contributed by atoms with Crippen LogP contribution in [0.3, 0.4) is 0 Å². The Morgan fingerprint density at radius 2 is 1.64 bits per heavy atom. The van der Waals surface area contributed by atoms with Crippen LogP contribution in [0.4, 0.5) is 0 Å². The van der Waals surface area contributed by atoms with E-state index < -0.39 is 0 Å². The maximum absolute atomic E-state index is 5.56. The van der Waals surface area contributed by atoms with Crippen molar-refractivity contribution < 1.29 is 4.74 Å². The molecule has 0 aromatic carbocycles. The summed E-state index contributed by atoms with van der Waals surface area (Å²) in [7, 11) is 0. The van der Waals surface area contributed by atoms with Gasteiger partial charge >= 0.3 is 0 Å². The number of hydrogen-bond acceptors (Lipinski definition) is 3. The van der Waals surface area contributed by atoms with Gasteiger partial charge in [-0.1, -0.05) is 0 Å². The lowest BCUT2D eigenvalue weighted by Gasteiger charge is -2.45. The van der Waals surface area contributed by atoms with Crippen LogP contribution in [0.15, 0.2) is 0 Å². The average molecular weight is 198 g/mol. The van der Waals surface area contributed by atoms with Gasteiger partial charge in [-0.05, 0) is 39.8 Å². The number of hydrogen-bond donors (Lipinski definition) is 1. The van der Waals surface area contributed by atoms with Gasteiger partial charge in [-0.25, -0.2) is 0 Å². The molecule has 0 saturated carbocycles. The summed E-state index contributed by atoms with van der Waals surface area (Å²) in [4.78, 5) is 2.67. The van der Waals surface area contributed by atoms with Gasteiger partial charge in [0, 0.05) is 18.1 Å². The normalized spacial score (nSPS) is 37.3. The Morgan fingerprint density at radius 1 is 1.07 bits per heavy atom. The van der Waals surface area contributed by atoms with E-state index >= 15 is 0 Å². The van der Waals surface area contributed by atoms with Gasteiger partial charge in [0.2, 0.25) is 0 Å². The Balaban J connectivity index is 1.97. The minimum absolute atomic E-state index is 0.599. The molecular weight excluding hydrogens is 176 g/mol. The Labute approximate surface area is 86.8 Å². The first-order valence-corrected chi connectivity index (χ1v) is 5.85. The molecule has 3 heteroatoms. The van der Waals surface area contributed by atoms with E-state index in [2.05, 4.69) is 24.1 Å². The molecule has 2 atom stereocenters. The van der Waals surface area contributed by atoms with Crippen LogP contribution in [0.25, 0.3) is 0 Å². The van der Waals surface area contributed by atoms with E-state index in [1.807, 2.05) is 0 Å². The molecule has 2 saturated heterocycles. The molecule has 0 aromatic rings. The second-order valence-corrected chi connectivity index (χ2v) is 4.66. The molecule has 2 aliphatic rings. The maximum atomic E-state index is 5.56. The van der Waals surface area contributed by atoms with Gasteiger partial charge in [-0.2, -0.15) is 0 Å². The van der Waals surface area contributed by atoms with E-state index in [-0.39, 0.29) is 0 Å². The molecule has 0 amide bonds. The highest BCUT2D eigenvalue weighted by molar-refractivity contribution is 4.86. The highest BCUT2D eigenvalue weighted by atomic mass is 16.5. The molecule has 0 radical (unpaired) electrons. The van der Waals surface area contributed by atoms with Crippen LogP contribution < -0.4 is 5.32 Å². The number of ether oxygens (including phenoxy) is 1. The van der Waals surface area contributed by atoms with Crippen LogP contribution >= 0.6 is 0 Å². The molecule has 0 unspecified atom stereocenters. The van der Waals surface area contributed by atoms with E-state index in [9.17, 15) is 0 Å². The molecular formula is C11H22N2O. The van der Waals surface area contributed by atoms with Crippen LogP contribution in [-0.2, 0) is 4.74 Å². The lowest BCUT2D eigenvalue weighted by molar-refractivity contribution is -0.0632. The first kappa shape index (κ1) is 10.4. The summed E-state index contributed by atoms with van der Waals surface area (Å²) in [5, 5.41) is 3.43. The molecule has 0 bridgehead atoms.